The van der Waals surface area contributed by atoms with E-state index in [1.807, 2.05) is 39.2 Å². The lowest BCUT2D eigenvalue weighted by Gasteiger charge is -2.35. The first-order chi connectivity index (χ1) is 10.9. The minimum atomic E-state index is -0.179. The molecule has 3 rings (SSSR count). The third kappa shape index (κ3) is 3.37. The molecular formula is C15H24N6O2. The van der Waals surface area contributed by atoms with E-state index >= 15 is 0 Å². The zero-order valence-corrected chi connectivity index (χ0v) is 14.4. The number of imidazole rings is 1. The van der Waals surface area contributed by atoms with Gasteiger partial charge >= 0.3 is 0 Å². The lowest BCUT2D eigenvalue weighted by Crippen LogP contribution is -2.42. The highest BCUT2D eigenvalue weighted by molar-refractivity contribution is 5.30. The summed E-state index contributed by atoms with van der Waals surface area (Å²) in [6, 6.07) is 0. The van der Waals surface area contributed by atoms with Crippen molar-refractivity contribution in [2.24, 2.45) is 7.05 Å². The monoisotopic (exact) mass is 320 g/mol. The Morgan fingerprint density at radius 2 is 2.13 bits per heavy atom. The van der Waals surface area contributed by atoms with Crippen molar-refractivity contribution in [3.63, 3.8) is 0 Å². The van der Waals surface area contributed by atoms with Crippen LogP contribution in [0.3, 0.4) is 0 Å². The van der Waals surface area contributed by atoms with Crippen LogP contribution in [0, 0.1) is 6.92 Å². The maximum Gasteiger partial charge on any atom is 0.257 e. The van der Waals surface area contributed by atoms with E-state index < -0.39 is 0 Å². The van der Waals surface area contributed by atoms with Crippen LogP contribution in [0.1, 0.15) is 30.4 Å². The molecule has 23 heavy (non-hydrogen) atoms. The number of aromatic nitrogens is 4. The van der Waals surface area contributed by atoms with Gasteiger partial charge in [0.15, 0.2) is 5.82 Å². The van der Waals surface area contributed by atoms with E-state index in [2.05, 4.69) is 31.5 Å². The molecule has 8 nitrogen and oxygen atoms in total. The average Bonchev–Trinajstić information content (AvgIpc) is 3.06. The minimum Gasteiger partial charge on any atom is -0.363 e. The van der Waals surface area contributed by atoms with Crippen LogP contribution in [0.15, 0.2) is 10.7 Å². The van der Waals surface area contributed by atoms with E-state index in [-0.39, 0.29) is 12.2 Å². The zero-order valence-electron chi connectivity index (χ0n) is 14.4. The molecule has 1 fully saturated rings. The van der Waals surface area contributed by atoms with Gasteiger partial charge in [-0.25, -0.2) is 4.98 Å². The second-order valence-corrected chi connectivity index (χ2v) is 6.31. The molecule has 2 aromatic heterocycles. The number of rotatable bonds is 4. The maximum atomic E-state index is 5.96. The third-order valence-corrected chi connectivity index (χ3v) is 4.00. The molecule has 1 aliphatic heterocycles. The molecule has 0 unspecified atom stereocenters. The number of nitrogens with zero attached hydrogens (tertiary/aromatic N) is 6. The molecule has 0 bridgehead atoms. The fraction of sp³-hybridized carbons (Fsp3) is 0.667. The van der Waals surface area contributed by atoms with Crippen molar-refractivity contribution in [1.82, 2.24) is 24.6 Å². The highest BCUT2D eigenvalue weighted by atomic mass is 16.5. The van der Waals surface area contributed by atoms with Crippen molar-refractivity contribution in [2.75, 3.05) is 32.1 Å². The molecule has 0 amide bonds. The molecule has 8 heteroatoms. The Morgan fingerprint density at radius 1 is 1.35 bits per heavy atom. The van der Waals surface area contributed by atoms with Crippen LogP contribution in [0.2, 0.25) is 0 Å². The molecule has 1 saturated heterocycles. The summed E-state index contributed by atoms with van der Waals surface area (Å²) in [5.74, 6) is 2.14. The standard InChI is InChI=1S/C15H24N6O2/c1-10-7-21(8-12-6-16-15(19(3)4)20(12)5)9-13(22-10)14-17-11(2)18-23-14/h6,10,13H,7-9H2,1-5H3/t10-,13-/m1/s1. The minimum absolute atomic E-state index is 0.113. The van der Waals surface area contributed by atoms with Crippen molar-refractivity contribution < 1.29 is 9.26 Å². The summed E-state index contributed by atoms with van der Waals surface area (Å²) in [7, 11) is 6.04. The lowest BCUT2D eigenvalue weighted by molar-refractivity contribution is -0.0934. The Bertz CT molecular complexity index is 665. The summed E-state index contributed by atoms with van der Waals surface area (Å²) in [4.78, 5) is 13.1. The molecule has 2 atom stereocenters. The van der Waals surface area contributed by atoms with E-state index in [9.17, 15) is 0 Å². The molecule has 2 aromatic rings. The number of ether oxygens (including phenoxy) is 1. The van der Waals surface area contributed by atoms with E-state index in [1.165, 1.54) is 5.69 Å². The van der Waals surface area contributed by atoms with E-state index in [0.717, 1.165) is 25.6 Å². The second kappa shape index (κ2) is 6.29. The van der Waals surface area contributed by atoms with E-state index in [4.69, 9.17) is 9.26 Å². The lowest BCUT2D eigenvalue weighted by atomic mass is 10.2. The summed E-state index contributed by atoms with van der Waals surface area (Å²) in [5.41, 5.74) is 1.17. The predicted octanol–water partition coefficient (Wildman–Crippen LogP) is 1.14. The number of aryl methyl sites for hydroxylation is 1. The summed E-state index contributed by atoms with van der Waals surface area (Å²) >= 11 is 0. The molecule has 126 valence electrons. The van der Waals surface area contributed by atoms with Crippen LogP contribution < -0.4 is 4.90 Å². The molecule has 0 spiro atoms. The van der Waals surface area contributed by atoms with Crippen LogP contribution in [0.4, 0.5) is 5.95 Å². The van der Waals surface area contributed by atoms with Gasteiger partial charge in [-0.3, -0.25) is 4.90 Å². The summed E-state index contributed by atoms with van der Waals surface area (Å²) < 4.78 is 13.3. The molecule has 0 radical (unpaired) electrons. The summed E-state index contributed by atoms with van der Waals surface area (Å²) in [6.45, 7) is 6.29. The quantitative estimate of drug-likeness (QED) is 0.836. The van der Waals surface area contributed by atoms with Crippen molar-refractivity contribution in [2.45, 2.75) is 32.6 Å². The summed E-state index contributed by atoms with van der Waals surface area (Å²) in [5, 5.41) is 3.86. The van der Waals surface area contributed by atoms with Gasteiger partial charge in [0.1, 0.15) is 6.10 Å². The van der Waals surface area contributed by atoms with Crippen LogP contribution in [-0.4, -0.2) is 57.9 Å². The van der Waals surface area contributed by atoms with Gasteiger partial charge in [0.05, 0.1) is 18.0 Å². The van der Waals surface area contributed by atoms with Crippen LogP contribution in [0.5, 0.6) is 0 Å². The zero-order chi connectivity index (χ0) is 16.6. The predicted molar refractivity (Wildman–Crippen MR) is 85.1 cm³/mol. The molecule has 3 heterocycles. The van der Waals surface area contributed by atoms with Crippen LogP contribution >= 0.6 is 0 Å². The van der Waals surface area contributed by atoms with Crippen molar-refractivity contribution in [1.29, 1.82) is 0 Å². The number of anilines is 1. The van der Waals surface area contributed by atoms with Gasteiger partial charge in [-0.05, 0) is 13.8 Å². The van der Waals surface area contributed by atoms with Crippen molar-refractivity contribution in [3.8, 4) is 0 Å². The maximum absolute atomic E-state index is 5.96. The molecular weight excluding hydrogens is 296 g/mol. The Balaban J connectivity index is 1.72. The Hall–Kier alpha value is -1.93. The molecule has 0 saturated carbocycles. The number of hydrogen-bond donors (Lipinski definition) is 0. The third-order valence-electron chi connectivity index (χ3n) is 4.00. The highest BCUT2D eigenvalue weighted by Gasteiger charge is 2.30. The Labute approximate surface area is 136 Å². The Kier molecular flexibility index (Phi) is 4.36. The normalized spacial score (nSPS) is 22.5. The molecule has 0 aromatic carbocycles. The van der Waals surface area contributed by atoms with Crippen molar-refractivity contribution >= 4 is 5.95 Å². The second-order valence-electron chi connectivity index (χ2n) is 6.31. The fourth-order valence-electron chi connectivity index (χ4n) is 2.97. The van der Waals surface area contributed by atoms with Gasteiger partial charge in [-0.2, -0.15) is 4.98 Å². The van der Waals surface area contributed by atoms with Gasteiger partial charge < -0.3 is 18.7 Å². The smallest absolute Gasteiger partial charge is 0.257 e. The van der Waals surface area contributed by atoms with Gasteiger partial charge in [0.2, 0.25) is 5.95 Å². The van der Waals surface area contributed by atoms with Gasteiger partial charge in [-0.15, -0.1) is 0 Å². The van der Waals surface area contributed by atoms with Gasteiger partial charge in [-0.1, -0.05) is 5.16 Å². The largest absolute Gasteiger partial charge is 0.363 e. The Morgan fingerprint density at radius 3 is 2.74 bits per heavy atom. The first kappa shape index (κ1) is 15.9. The number of morpholine rings is 1. The SMILES string of the molecule is Cc1noc([C@H]2CN(Cc3cnc(N(C)C)n3C)C[C@@H](C)O2)n1. The molecule has 0 N–H and O–H groups in total. The number of hydrogen-bond acceptors (Lipinski definition) is 7. The molecule has 1 aliphatic rings. The topological polar surface area (TPSA) is 72.5 Å². The first-order valence-corrected chi connectivity index (χ1v) is 7.80. The van der Waals surface area contributed by atoms with E-state index in [0.29, 0.717) is 11.7 Å². The van der Waals surface area contributed by atoms with Crippen LogP contribution in [0.25, 0.3) is 0 Å². The highest BCUT2D eigenvalue weighted by Crippen LogP contribution is 2.25. The fourth-order valence-corrected chi connectivity index (χ4v) is 2.97. The summed E-state index contributed by atoms with van der Waals surface area (Å²) in [6.07, 6.45) is 1.87. The van der Waals surface area contributed by atoms with Gasteiger partial charge in [0, 0.05) is 40.8 Å². The van der Waals surface area contributed by atoms with Crippen LogP contribution in [-0.2, 0) is 18.3 Å². The van der Waals surface area contributed by atoms with Crippen molar-refractivity contribution in [3.05, 3.63) is 23.6 Å². The van der Waals surface area contributed by atoms with E-state index in [1.54, 1.807) is 0 Å². The first-order valence-electron chi connectivity index (χ1n) is 7.80. The molecule has 0 aliphatic carbocycles. The average molecular weight is 320 g/mol. The van der Waals surface area contributed by atoms with Gasteiger partial charge in [0.25, 0.3) is 5.89 Å².